The van der Waals surface area contributed by atoms with Crippen molar-refractivity contribution in [2.75, 3.05) is 0 Å². The Balaban J connectivity index is 1.95. The zero-order valence-electron chi connectivity index (χ0n) is 7.16. The summed E-state index contributed by atoms with van der Waals surface area (Å²) in [7, 11) is 0. The SMILES string of the molecule is NNC(N)=NC(C1CC1)C1CC1. The fourth-order valence-corrected chi connectivity index (χ4v) is 1.67. The molecule has 68 valence electrons. The van der Waals surface area contributed by atoms with Crippen LogP contribution in [0, 0.1) is 11.8 Å². The molecule has 0 amide bonds. The van der Waals surface area contributed by atoms with Crippen LogP contribution < -0.4 is 17.0 Å². The number of nitrogens with zero attached hydrogens (tertiary/aromatic N) is 1. The minimum absolute atomic E-state index is 0.388. The fourth-order valence-electron chi connectivity index (χ4n) is 1.67. The molecule has 2 saturated carbocycles. The van der Waals surface area contributed by atoms with E-state index in [-0.39, 0.29) is 0 Å². The maximum absolute atomic E-state index is 5.52. The maximum Gasteiger partial charge on any atom is 0.203 e. The molecule has 0 unspecified atom stereocenters. The molecule has 4 nitrogen and oxygen atoms in total. The average molecular weight is 168 g/mol. The van der Waals surface area contributed by atoms with Crippen LogP contribution in [0.4, 0.5) is 0 Å². The quantitative estimate of drug-likeness (QED) is 0.239. The van der Waals surface area contributed by atoms with E-state index in [0.29, 0.717) is 12.0 Å². The normalized spacial score (nSPS) is 24.7. The first-order chi connectivity index (χ1) is 5.81. The van der Waals surface area contributed by atoms with Gasteiger partial charge in [-0.2, -0.15) is 0 Å². The summed E-state index contributed by atoms with van der Waals surface area (Å²) in [4.78, 5) is 4.38. The first-order valence-corrected chi connectivity index (χ1v) is 4.61. The summed E-state index contributed by atoms with van der Waals surface area (Å²) >= 11 is 0. The molecule has 0 aromatic carbocycles. The lowest BCUT2D eigenvalue weighted by Crippen LogP contribution is -2.38. The third-order valence-corrected chi connectivity index (χ3v) is 2.65. The highest BCUT2D eigenvalue weighted by molar-refractivity contribution is 5.77. The van der Waals surface area contributed by atoms with E-state index >= 15 is 0 Å². The van der Waals surface area contributed by atoms with Crippen molar-refractivity contribution in [3.63, 3.8) is 0 Å². The van der Waals surface area contributed by atoms with Gasteiger partial charge in [-0.25, -0.2) is 10.8 Å². The van der Waals surface area contributed by atoms with E-state index < -0.39 is 0 Å². The van der Waals surface area contributed by atoms with E-state index in [4.69, 9.17) is 11.6 Å². The smallest absolute Gasteiger partial charge is 0.203 e. The van der Waals surface area contributed by atoms with Crippen molar-refractivity contribution in [1.29, 1.82) is 0 Å². The largest absolute Gasteiger partial charge is 0.369 e. The molecule has 5 N–H and O–H groups in total. The molecule has 2 fully saturated rings. The van der Waals surface area contributed by atoms with Gasteiger partial charge in [-0.3, -0.25) is 5.43 Å². The Labute approximate surface area is 72.4 Å². The summed E-state index contributed by atoms with van der Waals surface area (Å²) in [5.41, 5.74) is 7.91. The number of guanidine groups is 1. The third kappa shape index (κ3) is 1.69. The maximum atomic E-state index is 5.52. The molecule has 2 rings (SSSR count). The van der Waals surface area contributed by atoms with Crippen molar-refractivity contribution in [1.82, 2.24) is 5.43 Å². The molecule has 0 bridgehead atoms. The second-order valence-corrected chi connectivity index (χ2v) is 3.82. The molecule has 2 aliphatic carbocycles. The number of hydrogen-bond acceptors (Lipinski definition) is 2. The van der Waals surface area contributed by atoms with E-state index in [9.17, 15) is 0 Å². The van der Waals surface area contributed by atoms with Crippen LogP contribution in [0.1, 0.15) is 25.7 Å². The number of nitrogens with two attached hydrogens (primary N) is 2. The van der Waals surface area contributed by atoms with Gasteiger partial charge >= 0.3 is 0 Å². The molecular weight excluding hydrogens is 152 g/mol. The van der Waals surface area contributed by atoms with Gasteiger partial charge in [0, 0.05) is 0 Å². The van der Waals surface area contributed by atoms with Crippen molar-refractivity contribution in [3.8, 4) is 0 Å². The van der Waals surface area contributed by atoms with Crippen LogP contribution >= 0.6 is 0 Å². The van der Waals surface area contributed by atoms with Crippen LogP contribution in [-0.2, 0) is 0 Å². The lowest BCUT2D eigenvalue weighted by Gasteiger charge is -2.10. The van der Waals surface area contributed by atoms with Gasteiger partial charge < -0.3 is 5.73 Å². The van der Waals surface area contributed by atoms with Crippen molar-refractivity contribution in [3.05, 3.63) is 0 Å². The van der Waals surface area contributed by atoms with E-state index in [1.165, 1.54) is 25.7 Å². The highest BCUT2D eigenvalue weighted by Gasteiger charge is 2.41. The zero-order chi connectivity index (χ0) is 8.55. The molecule has 0 aromatic rings. The standard InChI is InChI=1S/C8H16N4/c9-8(12-10)11-7(5-1-2-5)6-3-4-6/h5-7H,1-4,10H2,(H3,9,11,12). The number of hydrogen-bond donors (Lipinski definition) is 3. The summed E-state index contributed by atoms with van der Waals surface area (Å²) in [6, 6.07) is 0.459. The predicted octanol–water partition coefficient (Wildman–Crippen LogP) is -0.0470. The number of hydrazine groups is 1. The monoisotopic (exact) mass is 168 g/mol. The van der Waals surface area contributed by atoms with Crippen molar-refractivity contribution in [2.45, 2.75) is 31.7 Å². The van der Waals surface area contributed by atoms with Crippen LogP contribution in [0.15, 0.2) is 4.99 Å². The molecule has 0 aromatic heterocycles. The Bertz CT molecular complexity index is 181. The zero-order valence-corrected chi connectivity index (χ0v) is 7.16. The lowest BCUT2D eigenvalue weighted by atomic mass is 10.1. The van der Waals surface area contributed by atoms with Crippen molar-refractivity contribution >= 4 is 5.96 Å². The first kappa shape index (κ1) is 7.86. The van der Waals surface area contributed by atoms with Crippen LogP contribution in [0.25, 0.3) is 0 Å². The predicted molar refractivity (Wildman–Crippen MR) is 48.2 cm³/mol. The van der Waals surface area contributed by atoms with Gasteiger partial charge in [-0.05, 0) is 37.5 Å². The van der Waals surface area contributed by atoms with Crippen LogP contribution in [0.3, 0.4) is 0 Å². The van der Waals surface area contributed by atoms with Crippen LogP contribution in [0.2, 0.25) is 0 Å². The molecule has 12 heavy (non-hydrogen) atoms. The molecule has 0 saturated heterocycles. The lowest BCUT2D eigenvalue weighted by molar-refractivity contribution is 0.530. The number of rotatable bonds is 3. The summed E-state index contributed by atoms with van der Waals surface area (Å²) in [5, 5.41) is 0. The van der Waals surface area contributed by atoms with Crippen molar-refractivity contribution in [2.24, 2.45) is 28.4 Å². The Morgan fingerprint density at radius 1 is 1.25 bits per heavy atom. The Morgan fingerprint density at radius 2 is 1.75 bits per heavy atom. The molecular formula is C8H16N4. The second-order valence-electron chi connectivity index (χ2n) is 3.82. The molecule has 4 heteroatoms. The van der Waals surface area contributed by atoms with Crippen LogP contribution in [-0.4, -0.2) is 12.0 Å². The Kier molecular flexibility index (Phi) is 1.92. The molecule has 0 aliphatic heterocycles. The minimum atomic E-state index is 0.388. The molecule has 2 aliphatic rings. The number of nitrogens with one attached hydrogen (secondary N) is 1. The van der Waals surface area contributed by atoms with E-state index in [0.717, 1.165) is 11.8 Å². The summed E-state index contributed by atoms with van der Waals surface area (Å²) in [5.74, 6) is 7.13. The fraction of sp³-hybridized carbons (Fsp3) is 0.875. The highest BCUT2D eigenvalue weighted by Crippen LogP contribution is 2.46. The molecule has 0 radical (unpaired) electrons. The van der Waals surface area contributed by atoms with Gasteiger partial charge in [0.05, 0.1) is 6.04 Å². The molecule has 0 spiro atoms. The van der Waals surface area contributed by atoms with Gasteiger partial charge in [0.15, 0.2) is 0 Å². The minimum Gasteiger partial charge on any atom is -0.369 e. The van der Waals surface area contributed by atoms with E-state index in [2.05, 4.69) is 10.4 Å². The number of aliphatic imine (C=N–C) groups is 1. The Morgan fingerprint density at radius 3 is 2.08 bits per heavy atom. The van der Waals surface area contributed by atoms with Crippen molar-refractivity contribution < 1.29 is 0 Å². The van der Waals surface area contributed by atoms with Gasteiger partial charge in [0.1, 0.15) is 0 Å². The highest BCUT2D eigenvalue weighted by atomic mass is 15.3. The first-order valence-electron chi connectivity index (χ1n) is 4.61. The van der Waals surface area contributed by atoms with Gasteiger partial charge in [0.2, 0.25) is 5.96 Å². The van der Waals surface area contributed by atoms with Gasteiger partial charge in [-0.15, -0.1) is 0 Å². The van der Waals surface area contributed by atoms with E-state index in [1.54, 1.807) is 0 Å². The van der Waals surface area contributed by atoms with Gasteiger partial charge in [0.25, 0.3) is 0 Å². The third-order valence-electron chi connectivity index (χ3n) is 2.65. The average Bonchev–Trinajstić information content (AvgIpc) is 2.87. The van der Waals surface area contributed by atoms with E-state index in [1.807, 2.05) is 0 Å². The summed E-state index contributed by atoms with van der Waals surface area (Å²) < 4.78 is 0. The topological polar surface area (TPSA) is 76.4 Å². The summed E-state index contributed by atoms with van der Waals surface area (Å²) in [6.07, 6.45) is 5.29. The molecule has 0 atom stereocenters. The summed E-state index contributed by atoms with van der Waals surface area (Å²) in [6.45, 7) is 0. The van der Waals surface area contributed by atoms with Crippen LogP contribution in [0.5, 0.6) is 0 Å². The Hall–Kier alpha value is -0.770. The van der Waals surface area contributed by atoms with Gasteiger partial charge in [-0.1, -0.05) is 0 Å². The second kappa shape index (κ2) is 2.94. The molecule has 0 heterocycles.